The SMILES string of the molecule is c1ccc(C[N]C2CCNC2)cc1. The normalized spacial score (nSPS) is 22.0. The average Bonchev–Trinajstić information content (AvgIpc) is 2.69. The Morgan fingerprint density at radius 3 is 2.85 bits per heavy atom. The van der Waals surface area contributed by atoms with Crippen LogP contribution in [0, 0.1) is 0 Å². The minimum Gasteiger partial charge on any atom is -0.315 e. The summed E-state index contributed by atoms with van der Waals surface area (Å²) in [5, 5.41) is 7.95. The van der Waals surface area contributed by atoms with Gasteiger partial charge in [0.2, 0.25) is 0 Å². The van der Waals surface area contributed by atoms with Crippen LogP contribution in [0.4, 0.5) is 0 Å². The molecule has 0 aromatic heterocycles. The Kier molecular flexibility index (Phi) is 2.95. The van der Waals surface area contributed by atoms with E-state index in [1.54, 1.807) is 0 Å². The van der Waals surface area contributed by atoms with E-state index < -0.39 is 0 Å². The molecule has 0 amide bonds. The van der Waals surface area contributed by atoms with E-state index in [1.165, 1.54) is 12.0 Å². The van der Waals surface area contributed by atoms with Crippen LogP contribution in [0.2, 0.25) is 0 Å². The summed E-state index contributed by atoms with van der Waals surface area (Å²) in [6.45, 7) is 3.06. The molecule has 0 bridgehead atoms. The lowest BCUT2D eigenvalue weighted by Gasteiger charge is -2.07. The summed E-state index contributed by atoms with van der Waals surface area (Å²) >= 11 is 0. The van der Waals surface area contributed by atoms with Crippen molar-refractivity contribution in [3.63, 3.8) is 0 Å². The smallest absolute Gasteiger partial charge is 0.0388 e. The second-order valence-corrected chi connectivity index (χ2v) is 3.47. The van der Waals surface area contributed by atoms with Crippen molar-refractivity contribution in [1.29, 1.82) is 0 Å². The van der Waals surface area contributed by atoms with Crippen LogP contribution in [-0.4, -0.2) is 19.1 Å². The number of nitrogens with zero attached hydrogens (tertiary/aromatic N) is 1. The highest BCUT2D eigenvalue weighted by atomic mass is 15.0. The van der Waals surface area contributed by atoms with Gasteiger partial charge < -0.3 is 5.32 Å². The van der Waals surface area contributed by atoms with Crippen LogP contribution in [0.1, 0.15) is 12.0 Å². The van der Waals surface area contributed by atoms with Crippen LogP contribution in [0.3, 0.4) is 0 Å². The van der Waals surface area contributed by atoms with Gasteiger partial charge in [0.25, 0.3) is 0 Å². The summed E-state index contributed by atoms with van der Waals surface area (Å²) in [6.07, 6.45) is 1.20. The first-order chi connectivity index (χ1) is 6.45. The molecule has 1 heterocycles. The maximum atomic E-state index is 4.63. The van der Waals surface area contributed by atoms with Gasteiger partial charge >= 0.3 is 0 Å². The van der Waals surface area contributed by atoms with Crippen LogP contribution in [-0.2, 0) is 6.54 Å². The molecule has 1 radical (unpaired) electrons. The lowest BCUT2D eigenvalue weighted by Crippen LogP contribution is -2.24. The standard InChI is InChI=1S/C11H15N2/c1-2-4-10(5-3-1)8-13-11-6-7-12-9-11/h1-5,11-12H,6-9H2. The van der Waals surface area contributed by atoms with E-state index in [9.17, 15) is 0 Å². The van der Waals surface area contributed by atoms with E-state index >= 15 is 0 Å². The van der Waals surface area contributed by atoms with Gasteiger partial charge in [-0.15, -0.1) is 0 Å². The van der Waals surface area contributed by atoms with Crippen molar-refractivity contribution in [3.8, 4) is 0 Å². The van der Waals surface area contributed by atoms with Crippen LogP contribution in [0.5, 0.6) is 0 Å². The summed E-state index contributed by atoms with van der Waals surface area (Å²) in [4.78, 5) is 0. The molecule has 69 valence electrons. The zero-order valence-electron chi connectivity index (χ0n) is 7.74. The molecule has 1 fully saturated rings. The fourth-order valence-corrected chi connectivity index (χ4v) is 1.61. The molecule has 0 aliphatic carbocycles. The monoisotopic (exact) mass is 175 g/mol. The van der Waals surface area contributed by atoms with Crippen LogP contribution >= 0.6 is 0 Å². The molecule has 1 N–H and O–H groups in total. The van der Waals surface area contributed by atoms with Crippen molar-refractivity contribution in [3.05, 3.63) is 35.9 Å². The fraction of sp³-hybridized carbons (Fsp3) is 0.455. The van der Waals surface area contributed by atoms with Gasteiger partial charge in [-0.1, -0.05) is 30.3 Å². The van der Waals surface area contributed by atoms with Gasteiger partial charge in [-0.05, 0) is 18.5 Å². The van der Waals surface area contributed by atoms with E-state index in [4.69, 9.17) is 0 Å². The number of nitrogens with one attached hydrogen (secondary N) is 1. The molecule has 1 aromatic rings. The highest BCUT2D eigenvalue weighted by Gasteiger charge is 2.13. The lowest BCUT2D eigenvalue weighted by molar-refractivity contribution is 0.535. The quantitative estimate of drug-likeness (QED) is 0.733. The number of rotatable bonds is 3. The van der Waals surface area contributed by atoms with Gasteiger partial charge in [0.15, 0.2) is 0 Å². The molecular formula is C11H15N2. The zero-order valence-corrected chi connectivity index (χ0v) is 7.74. The highest BCUT2D eigenvalue weighted by molar-refractivity contribution is 5.14. The Hall–Kier alpha value is -0.860. The molecule has 2 heteroatoms. The molecule has 0 spiro atoms. The van der Waals surface area contributed by atoms with Crippen molar-refractivity contribution in [2.75, 3.05) is 13.1 Å². The molecule has 1 saturated heterocycles. The van der Waals surface area contributed by atoms with Gasteiger partial charge in [0, 0.05) is 19.1 Å². The van der Waals surface area contributed by atoms with E-state index in [-0.39, 0.29) is 0 Å². The number of hydrogen-bond donors (Lipinski definition) is 1. The van der Waals surface area contributed by atoms with Crippen LogP contribution in [0.25, 0.3) is 0 Å². The first-order valence-corrected chi connectivity index (χ1v) is 4.86. The third-order valence-corrected chi connectivity index (χ3v) is 2.41. The Bertz CT molecular complexity index is 240. The molecule has 1 unspecified atom stereocenters. The van der Waals surface area contributed by atoms with Gasteiger partial charge in [-0.25, -0.2) is 5.32 Å². The second-order valence-electron chi connectivity index (χ2n) is 3.47. The Labute approximate surface area is 79.4 Å². The van der Waals surface area contributed by atoms with Crippen LogP contribution in [0.15, 0.2) is 30.3 Å². The molecule has 1 aliphatic rings. The lowest BCUT2D eigenvalue weighted by atomic mass is 10.2. The van der Waals surface area contributed by atoms with E-state index in [0.717, 1.165) is 19.6 Å². The molecule has 1 aliphatic heterocycles. The second kappa shape index (κ2) is 4.40. The molecule has 1 atom stereocenters. The molecular weight excluding hydrogens is 160 g/mol. The highest BCUT2D eigenvalue weighted by Crippen LogP contribution is 2.03. The average molecular weight is 175 g/mol. The van der Waals surface area contributed by atoms with Crippen molar-refractivity contribution in [2.24, 2.45) is 0 Å². The summed E-state index contributed by atoms with van der Waals surface area (Å²) in [6, 6.07) is 11.0. The van der Waals surface area contributed by atoms with Crippen molar-refractivity contribution in [1.82, 2.24) is 10.6 Å². The zero-order chi connectivity index (χ0) is 8.93. The largest absolute Gasteiger partial charge is 0.315 e. The van der Waals surface area contributed by atoms with E-state index in [0.29, 0.717) is 6.04 Å². The van der Waals surface area contributed by atoms with Crippen molar-refractivity contribution < 1.29 is 0 Å². The minimum atomic E-state index is 0.542. The summed E-state index contributed by atoms with van der Waals surface area (Å²) in [7, 11) is 0. The predicted octanol–water partition coefficient (Wildman–Crippen LogP) is 1.15. The molecule has 13 heavy (non-hydrogen) atoms. The third-order valence-electron chi connectivity index (χ3n) is 2.41. The molecule has 2 rings (SSSR count). The molecule has 1 aromatic carbocycles. The van der Waals surface area contributed by atoms with E-state index in [1.807, 2.05) is 6.07 Å². The van der Waals surface area contributed by atoms with Crippen molar-refractivity contribution >= 4 is 0 Å². The summed E-state index contributed by atoms with van der Waals surface area (Å²) < 4.78 is 0. The predicted molar refractivity (Wildman–Crippen MR) is 53.6 cm³/mol. The van der Waals surface area contributed by atoms with Crippen LogP contribution < -0.4 is 10.6 Å². The summed E-state index contributed by atoms with van der Waals surface area (Å²) in [5.74, 6) is 0. The third kappa shape index (κ3) is 2.54. The Morgan fingerprint density at radius 1 is 1.31 bits per heavy atom. The fourth-order valence-electron chi connectivity index (χ4n) is 1.61. The van der Waals surface area contributed by atoms with Gasteiger partial charge in [-0.3, -0.25) is 0 Å². The van der Waals surface area contributed by atoms with Crippen molar-refractivity contribution in [2.45, 2.75) is 19.0 Å². The Balaban J connectivity index is 1.79. The topological polar surface area (TPSA) is 26.1 Å². The van der Waals surface area contributed by atoms with E-state index in [2.05, 4.69) is 34.9 Å². The first-order valence-electron chi connectivity index (χ1n) is 4.86. The first kappa shape index (κ1) is 8.73. The minimum absolute atomic E-state index is 0.542. The summed E-state index contributed by atoms with van der Waals surface area (Å²) in [5.41, 5.74) is 1.31. The Morgan fingerprint density at radius 2 is 2.15 bits per heavy atom. The van der Waals surface area contributed by atoms with Gasteiger partial charge in [-0.2, -0.15) is 0 Å². The molecule has 0 saturated carbocycles. The maximum Gasteiger partial charge on any atom is 0.0388 e. The van der Waals surface area contributed by atoms with Gasteiger partial charge in [0.05, 0.1) is 0 Å². The number of hydrogen-bond acceptors (Lipinski definition) is 1. The maximum absolute atomic E-state index is 4.63. The van der Waals surface area contributed by atoms with Gasteiger partial charge in [0.1, 0.15) is 0 Å². The number of benzene rings is 1. The molecule has 2 nitrogen and oxygen atoms in total.